The summed E-state index contributed by atoms with van der Waals surface area (Å²) in [6, 6.07) is 3.67. The largest absolute Gasteiger partial charge is 0.398 e. The monoisotopic (exact) mass is 309 g/mol. The topological polar surface area (TPSA) is 82.5 Å². The Balaban J connectivity index is 3.36. The van der Waals surface area contributed by atoms with Crippen molar-refractivity contribution < 1.29 is 13.0 Å². The van der Waals surface area contributed by atoms with Crippen LogP contribution in [0.2, 0.25) is 0 Å². The Labute approximate surface area is 88.3 Å². The van der Waals surface area contributed by atoms with Gasteiger partial charge in [-0.3, -0.25) is 4.55 Å². The van der Waals surface area contributed by atoms with Gasteiger partial charge >= 0.3 is 5.69 Å². The van der Waals surface area contributed by atoms with Crippen LogP contribution in [0, 0.1) is 8.96 Å². The fourth-order valence-corrected chi connectivity index (χ4v) is 2.07. The summed E-state index contributed by atoms with van der Waals surface area (Å²) >= 11 is 1.80. The molecule has 1 rings (SSSR count). The molecule has 1 N–H and O–H groups in total. The van der Waals surface area contributed by atoms with E-state index in [0.717, 1.165) is 6.07 Å². The lowest BCUT2D eigenvalue weighted by Gasteiger charge is -1.94. The van der Waals surface area contributed by atoms with Crippen LogP contribution < -0.4 is 0 Å². The van der Waals surface area contributed by atoms with Gasteiger partial charge in [-0.2, -0.15) is 8.42 Å². The van der Waals surface area contributed by atoms with Crippen LogP contribution in [0.1, 0.15) is 0 Å². The Bertz CT molecular complexity index is 477. The van der Waals surface area contributed by atoms with Crippen LogP contribution in [0.3, 0.4) is 0 Å². The molecule has 68 valence electrons. The number of nitrogens with zero attached hydrogens (tertiary/aromatic N) is 2. The minimum atomic E-state index is -4.18. The van der Waals surface area contributed by atoms with Gasteiger partial charge in [0.05, 0.1) is 4.90 Å². The van der Waals surface area contributed by atoms with Crippen molar-refractivity contribution in [3.05, 3.63) is 26.7 Å². The van der Waals surface area contributed by atoms with Gasteiger partial charge in [-0.05, 0) is 34.7 Å². The van der Waals surface area contributed by atoms with Crippen molar-refractivity contribution in [2.75, 3.05) is 0 Å². The van der Waals surface area contributed by atoms with E-state index in [4.69, 9.17) is 9.95 Å². The van der Waals surface area contributed by atoms with E-state index in [9.17, 15) is 8.42 Å². The predicted molar refractivity (Wildman–Crippen MR) is 53.7 cm³/mol. The molecule has 0 aromatic heterocycles. The molecule has 0 fully saturated rings. The second-order valence-corrected chi connectivity index (χ2v) is 4.77. The summed E-state index contributed by atoms with van der Waals surface area (Å²) in [5.74, 6) is 0. The smallest absolute Gasteiger partial charge is 0.282 e. The van der Waals surface area contributed by atoms with Crippen LogP contribution in [0.5, 0.6) is 0 Å². The summed E-state index contributed by atoms with van der Waals surface area (Å²) in [4.78, 5) is 2.69. The maximum Gasteiger partial charge on any atom is 0.398 e. The van der Waals surface area contributed by atoms with Gasteiger partial charge in [0.15, 0.2) is 4.98 Å². The Morgan fingerprint density at radius 3 is 2.46 bits per heavy atom. The minimum absolute atomic E-state index is 0.218. The molecule has 0 saturated carbocycles. The number of halogens is 1. The van der Waals surface area contributed by atoms with E-state index >= 15 is 0 Å². The van der Waals surface area contributed by atoms with Gasteiger partial charge < -0.3 is 0 Å². The molecule has 5 nitrogen and oxygen atoms in total. The summed E-state index contributed by atoms with van der Waals surface area (Å²) in [7, 11) is -4.18. The third-order valence-electron chi connectivity index (χ3n) is 1.32. The molecule has 0 aliphatic heterocycles. The summed E-state index contributed by atoms with van der Waals surface area (Å²) in [6.07, 6.45) is 0. The summed E-state index contributed by atoms with van der Waals surface area (Å²) in [5.41, 5.74) is 0.257. The lowest BCUT2D eigenvalue weighted by atomic mass is 10.3. The Kier molecular flexibility index (Phi) is 2.84. The van der Waals surface area contributed by atoms with E-state index in [1.165, 1.54) is 12.1 Å². The molecule has 7 heteroatoms. The van der Waals surface area contributed by atoms with Gasteiger partial charge in [0, 0.05) is 6.07 Å². The van der Waals surface area contributed by atoms with Crippen LogP contribution >= 0.6 is 22.6 Å². The van der Waals surface area contributed by atoms with Crippen molar-refractivity contribution in [1.82, 2.24) is 0 Å². The average molecular weight is 309 g/mol. The van der Waals surface area contributed by atoms with Crippen molar-refractivity contribution in [3.63, 3.8) is 0 Å². The van der Waals surface area contributed by atoms with Crippen molar-refractivity contribution in [3.8, 4) is 0 Å². The predicted octanol–water partition coefficient (Wildman–Crippen LogP) is 2.02. The highest BCUT2D eigenvalue weighted by molar-refractivity contribution is 14.1. The molecule has 0 radical (unpaired) electrons. The quantitative estimate of drug-likeness (QED) is 0.489. The Morgan fingerprint density at radius 1 is 1.46 bits per heavy atom. The van der Waals surface area contributed by atoms with E-state index in [1.54, 1.807) is 22.6 Å². The third-order valence-corrected chi connectivity index (χ3v) is 3.04. The fraction of sp³-hybridized carbons (Fsp3) is 0. The van der Waals surface area contributed by atoms with Crippen LogP contribution in [0.15, 0.2) is 23.1 Å². The Hall–Kier alpha value is -0.720. The van der Waals surface area contributed by atoms with Crippen molar-refractivity contribution in [1.29, 1.82) is 5.39 Å². The second kappa shape index (κ2) is 3.57. The summed E-state index contributed by atoms with van der Waals surface area (Å²) < 4.78 is 30.4. The first-order valence-electron chi connectivity index (χ1n) is 3.07. The van der Waals surface area contributed by atoms with Gasteiger partial charge in [-0.1, -0.05) is 0 Å². The van der Waals surface area contributed by atoms with Crippen LogP contribution in [0.25, 0.3) is 4.98 Å². The number of rotatable bonds is 1. The highest BCUT2D eigenvalue weighted by Crippen LogP contribution is 2.24. The molecule has 0 atom stereocenters. The standard InChI is InChI=1S/C6H3IN2O3S/c7-5-3-4(13(10,11)12)1-2-6(5)9-8/h1-3H/p+1/i7-2. The second-order valence-electron chi connectivity index (χ2n) is 2.19. The lowest BCUT2D eigenvalue weighted by molar-refractivity contribution is 0.483. The minimum Gasteiger partial charge on any atom is -0.282 e. The first kappa shape index (κ1) is 10.4. The number of benzene rings is 1. The Morgan fingerprint density at radius 2 is 2.08 bits per heavy atom. The summed E-state index contributed by atoms with van der Waals surface area (Å²) in [6.45, 7) is 0. The SMILES string of the molecule is N#[N+]c1ccc(S(=O)(=O)O)cc1[125I]. The number of hydrogen-bond acceptors (Lipinski definition) is 3. The van der Waals surface area contributed by atoms with Crippen molar-refractivity contribution >= 4 is 38.4 Å². The van der Waals surface area contributed by atoms with Crippen LogP contribution in [-0.4, -0.2) is 13.0 Å². The van der Waals surface area contributed by atoms with Crippen molar-refractivity contribution in [2.45, 2.75) is 4.90 Å². The highest BCUT2D eigenvalue weighted by Gasteiger charge is 2.16. The van der Waals surface area contributed by atoms with Gasteiger partial charge in [-0.15, -0.1) is 0 Å². The molecular weight excluding hydrogens is 305 g/mol. The van der Waals surface area contributed by atoms with Crippen LogP contribution in [0.4, 0.5) is 5.69 Å². The molecule has 1 aromatic carbocycles. The van der Waals surface area contributed by atoms with Crippen LogP contribution in [-0.2, 0) is 10.1 Å². The molecule has 0 bridgehead atoms. The maximum atomic E-state index is 10.6. The first-order valence-corrected chi connectivity index (χ1v) is 5.59. The first-order chi connectivity index (χ1) is 5.95. The van der Waals surface area contributed by atoms with Crippen molar-refractivity contribution in [2.24, 2.45) is 0 Å². The number of hydrogen-bond donors (Lipinski definition) is 1. The normalized spacial score (nSPS) is 10.8. The third kappa shape index (κ3) is 2.36. The number of diazo groups is 1. The molecule has 0 aliphatic carbocycles. The molecule has 0 spiro atoms. The highest BCUT2D eigenvalue weighted by atomic mass is 125. The molecule has 0 heterocycles. The van der Waals surface area contributed by atoms with Gasteiger partial charge in [0.1, 0.15) is 3.57 Å². The van der Waals surface area contributed by atoms with E-state index in [2.05, 4.69) is 4.98 Å². The van der Waals surface area contributed by atoms with Gasteiger partial charge in [-0.25, -0.2) is 0 Å². The fourth-order valence-electron chi connectivity index (χ4n) is 0.729. The lowest BCUT2D eigenvalue weighted by Crippen LogP contribution is -1.97. The molecule has 0 amide bonds. The zero-order valence-corrected chi connectivity index (χ0v) is 9.15. The molecule has 13 heavy (non-hydrogen) atoms. The van der Waals surface area contributed by atoms with E-state index in [1.807, 2.05) is 0 Å². The average Bonchev–Trinajstić information content (AvgIpc) is 2.02. The summed E-state index contributed by atoms with van der Waals surface area (Å²) in [5, 5.41) is 8.42. The zero-order valence-electron chi connectivity index (χ0n) is 6.18. The molecule has 0 aliphatic rings. The molecule has 1 aromatic rings. The zero-order chi connectivity index (χ0) is 10.1. The van der Waals surface area contributed by atoms with E-state index in [-0.39, 0.29) is 10.6 Å². The van der Waals surface area contributed by atoms with Gasteiger partial charge in [0.25, 0.3) is 10.1 Å². The molecule has 0 saturated heterocycles. The van der Waals surface area contributed by atoms with E-state index in [0.29, 0.717) is 3.57 Å². The molecule has 0 unspecified atom stereocenters. The van der Waals surface area contributed by atoms with Gasteiger partial charge in [0.2, 0.25) is 5.39 Å². The van der Waals surface area contributed by atoms with E-state index < -0.39 is 10.1 Å². The molecular formula is C6H4IN2O3S+. The maximum absolute atomic E-state index is 10.6.